The van der Waals surface area contributed by atoms with Crippen LogP contribution in [0.2, 0.25) is 0 Å². The van der Waals surface area contributed by atoms with Crippen LogP contribution in [0.25, 0.3) is 22.2 Å². The van der Waals surface area contributed by atoms with Crippen LogP contribution >= 0.6 is 0 Å². The van der Waals surface area contributed by atoms with E-state index in [0.29, 0.717) is 18.5 Å². The molecule has 0 saturated carbocycles. The number of aryl methyl sites for hydroxylation is 1. The fraction of sp³-hybridized carbons (Fsp3) is 0.200. The average Bonchev–Trinajstić information content (AvgIpc) is 2.94. The third-order valence-corrected chi connectivity index (χ3v) is 4.24. The zero-order valence-corrected chi connectivity index (χ0v) is 14.2. The number of carbonyl (C=O) groups excluding carboxylic acids is 1. The lowest BCUT2D eigenvalue weighted by molar-refractivity contribution is -0.115. The molecule has 1 amide bonds. The second-order valence-corrected chi connectivity index (χ2v) is 5.76. The van der Waals surface area contributed by atoms with Gasteiger partial charge in [-0.3, -0.25) is 4.79 Å². The van der Waals surface area contributed by atoms with E-state index in [1.54, 1.807) is 25.1 Å². The first-order valence-electron chi connectivity index (χ1n) is 8.24. The van der Waals surface area contributed by atoms with Gasteiger partial charge < -0.3 is 15.0 Å². The molecule has 0 aliphatic carbocycles. The minimum Gasteiger partial charge on any atom is -0.508 e. The zero-order valence-electron chi connectivity index (χ0n) is 14.2. The van der Waals surface area contributed by atoms with E-state index in [2.05, 4.69) is 11.4 Å². The molecule has 0 radical (unpaired) electrons. The van der Waals surface area contributed by atoms with Gasteiger partial charge in [0.05, 0.1) is 16.8 Å². The first kappa shape index (κ1) is 16.6. The molecule has 0 atom stereocenters. The summed E-state index contributed by atoms with van der Waals surface area (Å²) in [6.45, 7) is 4.48. The maximum Gasteiger partial charge on any atom is 0.224 e. The van der Waals surface area contributed by atoms with Gasteiger partial charge in [-0.2, -0.15) is 5.26 Å². The van der Waals surface area contributed by atoms with E-state index >= 15 is 0 Å². The Morgan fingerprint density at radius 3 is 2.52 bits per heavy atom. The molecular weight excluding hydrogens is 314 g/mol. The van der Waals surface area contributed by atoms with E-state index in [9.17, 15) is 15.2 Å². The molecule has 0 fully saturated rings. The first-order chi connectivity index (χ1) is 12.1. The largest absolute Gasteiger partial charge is 0.508 e. The van der Waals surface area contributed by atoms with Crippen LogP contribution in [0.3, 0.4) is 0 Å². The number of carbonyl (C=O) groups is 1. The third-order valence-electron chi connectivity index (χ3n) is 4.24. The predicted molar refractivity (Wildman–Crippen MR) is 98.3 cm³/mol. The molecule has 2 aromatic carbocycles. The Hall–Kier alpha value is -3.26. The van der Waals surface area contributed by atoms with Crippen molar-refractivity contribution in [3.8, 4) is 23.1 Å². The number of hydrogen-bond donors (Lipinski definition) is 2. The van der Waals surface area contributed by atoms with Gasteiger partial charge in [-0.15, -0.1) is 0 Å². The summed E-state index contributed by atoms with van der Waals surface area (Å²) < 4.78 is 2.02. The monoisotopic (exact) mass is 333 g/mol. The number of anilines is 1. The summed E-state index contributed by atoms with van der Waals surface area (Å²) in [6, 6.07) is 14.8. The maximum atomic E-state index is 11.5. The minimum atomic E-state index is -0.0383. The van der Waals surface area contributed by atoms with E-state index in [0.717, 1.165) is 27.8 Å². The van der Waals surface area contributed by atoms with E-state index in [-0.39, 0.29) is 11.7 Å². The molecule has 1 heterocycles. The summed E-state index contributed by atoms with van der Waals surface area (Å²) in [4.78, 5) is 11.5. The van der Waals surface area contributed by atoms with Crippen molar-refractivity contribution in [2.45, 2.75) is 26.8 Å². The normalized spacial score (nSPS) is 10.6. The molecule has 5 nitrogen and oxygen atoms in total. The molecule has 126 valence electrons. The summed E-state index contributed by atoms with van der Waals surface area (Å²) in [5.41, 5.74) is 3.85. The lowest BCUT2D eigenvalue weighted by Crippen LogP contribution is -2.09. The molecule has 3 rings (SSSR count). The smallest absolute Gasteiger partial charge is 0.224 e. The van der Waals surface area contributed by atoms with Gasteiger partial charge in [-0.05, 0) is 36.8 Å². The molecule has 25 heavy (non-hydrogen) atoms. The van der Waals surface area contributed by atoms with Crippen molar-refractivity contribution in [3.05, 3.63) is 48.0 Å². The maximum absolute atomic E-state index is 11.5. The number of amides is 1. The predicted octanol–water partition coefficient (Wildman–Crippen LogP) is 4.25. The van der Waals surface area contributed by atoms with Crippen molar-refractivity contribution in [1.29, 1.82) is 5.26 Å². The van der Waals surface area contributed by atoms with Crippen molar-refractivity contribution in [3.63, 3.8) is 0 Å². The molecule has 0 aliphatic rings. The summed E-state index contributed by atoms with van der Waals surface area (Å²) in [5, 5.41) is 23.1. The summed E-state index contributed by atoms with van der Waals surface area (Å²) in [6.07, 6.45) is 0.425. The number of fused-ring (bicyclic) bond motifs is 1. The fourth-order valence-electron chi connectivity index (χ4n) is 3.04. The number of aromatic nitrogens is 1. The first-order valence-corrected chi connectivity index (χ1v) is 8.24. The van der Waals surface area contributed by atoms with E-state index in [4.69, 9.17) is 0 Å². The number of nitrogens with zero attached hydrogens (tertiary/aromatic N) is 2. The van der Waals surface area contributed by atoms with Gasteiger partial charge in [0, 0.05) is 30.1 Å². The molecule has 0 spiro atoms. The minimum absolute atomic E-state index is 0.0383. The van der Waals surface area contributed by atoms with Crippen LogP contribution in [0.1, 0.15) is 25.8 Å². The molecule has 0 unspecified atom stereocenters. The number of nitriles is 1. The zero-order chi connectivity index (χ0) is 18.0. The second kappa shape index (κ2) is 6.70. The van der Waals surface area contributed by atoms with Crippen molar-refractivity contribution >= 4 is 22.5 Å². The summed E-state index contributed by atoms with van der Waals surface area (Å²) in [7, 11) is 0. The second-order valence-electron chi connectivity index (χ2n) is 5.76. The SMILES string of the molecule is CCC(=O)Nc1ccc(-c2c(C#N)c3ccc(O)cc3n2CC)cc1. The van der Waals surface area contributed by atoms with Gasteiger partial charge in [0.15, 0.2) is 0 Å². The highest BCUT2D eigenvalue weighted by molar-refractivity contribution is 5.96. The Kier molecular flexibility index (Phi) is 4.44. The van der Waals surface area contributed by atoms with Gasteiger partial charge in [0.1, 0.15) is 11.8 Å². The highest BCUT2D eigenvalue weighted by Gasteiger charge is 2.18. The number of phenolic OH excluding ortho intramolecular Hbond substituents is 1. The van der Waals surface area contributed by atoms with Gasteiger partial charge in [0.25, 0.3) is 0 Å². The van der Waals surface area contributed by atoms with Crippen LogP contribution in [0.4, 0.5) is 5.69 Å². The van der Waals surface area contributed by atoms with Gasteiger partial charge in [0.2, 0.25) is 5.91 Å². The Morgan fingerprint density at radius 2 is 1.92 bits per heavy atom. The summed E-state index contributed by atoms with van der Waals surface area (Å²) >= 11 is 0. The Morgan fingerprint density at radius 1 is 1.20 bits per heavy atom. The molecule has 0 saturated heterocycles. The van der Waals surface area contributed by atoms with Crippen molar-refractivity contribution in [1.82, 2.24) is 4.57 Å². The lowest BCUT2D eigenvalue weighted by Gasteiger charge is -2.10. The number of benzene rings is 2. The topological polar surface area (TPSA) is 78.1 Å². The molecular formula is C20H19N3O2. The van der Waals surface area contributed by atoms with Crippen LogP contribution < -0.4 is 5.32 Å². The van der Waals surface area contributed by atoms with E-state index in [1.807, 2.05) is 35.8 Å². The molecule has 0 aliphatic heterocycles. The number of phenols is 1. The standard InChI is InChI=1S/C20H19N3O2/c1-3-19(25)22-14-7-5-13(6-8-14)20-17(12-21)16-10-9-15(24)11-18(16)23(20)4-2/h5-11,24H,3-4H2,1-2H3,(H,22,25). The van der Waals surface area contributed by atoms with Crippen LogP contribution in [0.15, 0.2) is 42.5 Å². The van der Waals surface area contributed by atoms with Crippen molar-refractivity contribution < 1.29 is 9.90 Å². The lowest BCUT2D eigenvalue weighted by atomic mass is 10.1. The Labute approximate surface area is 146 Å². The molecule has 2 N–H and O–H groups in total. The highest BCUT2D eigenvalue weighted by Crippen LogP contribution is 2.35. The van der Waals surface area contributed by atoms with E-state index in [1.165, 1.54) is 0 Å². The number of aromatic hydroxyl groups is 1. The third kappa shape index (κ3) is 2.94. The van der Waals surface area contributed by atoms with Crippen molar-refractivity contribution in [2.24, 2.45) is 0 Å². The molecule has 5 heteroatoms. The number of nitrogens with one attached hydrogen (secondary N) is 1. The van der Waals surface area contributed by atoms with Crippen LogP contribution in [-0.2, 0) is 11.3 Å². The van der Waals surface area contributed by atoms with Gasteiger partial charge >= 0.3 is 0 Å². The van der Waals surface area contributed by atoms with Crippen LogP contribution in [-0.4, -0.2) is 15.6 Å². The van der Waals surface area contributed by atoms with Crippen LogP contribution in [0, 0.1) is 11.3 Å². The number of hydrogen-bond acceptors (Lipinski definition) is 3. The molecule has 1 aromatic heterocycles. The van der Waals surface area contributed by atoms with Crippen molar-refractivity contribution in [2.75, 3.05) is 5.32 Å². The quantitative estimate of drug-likeness (QED) is 0.749. The van der Waals surface area contributed by atoms with E-state index < -0.39 is 0 Å². The van der Waals surface area contributed by atoms with Crippen LogP contribution in [0.5, 0.6) is 5.75 Å². The molecule has 0 bridgehead atoms. The average molecular weight is 333 g/mol. The highest BCUT2D eigenvalue weighted by atomic mass is 16.3. The Balaban J connectivity index is 2.15. The molecule has 3 aromatic rings. The fourth-order valence-corrected chi connectivity index (χ4v) is 3.04. The van der Waals surface area contributed by atoms with Gasteiger partial charge in [-0.1, -0.05) is 19.1 Å². The Bertz CT molecular complexity index is 979. The number of rotatable bonds is 4. The summed E-state index contributed by atoms with van der Waals surface area (Å²) in [5.74, 6) is 0.136. The van der Waals surface area contributed by atoms with Gasteiger partial charge in [-0.25, -0.2) is 0 Å².